The largest absolute Gasteiger partial charge is 0.481 e. The van der Waals surface area contributed by atoms with Gasteiger partial charge < -0.3 is 10.4 Å². The molecule has 0 aliphatic heterocycles. The van der Waals surface area contributed by atoms with Gasteiger partial charge in [-0.25, -0.2) is 9.07 Å². The first kappa shape index (κ1) is 16.7. The van der Waals surface area contributed by atoms with Crippen molar-refractivity contribution < 1.29 is 19.1 Å². The van der Waals surface area contributed by atoms with E-state index in [9.17, 15) is 14.0 Å². The van der Waals surface area contributed by atoms with Gasteiger partial charge in [-0.05, 0) is 24.6 Å². The number of halogens is 1. The molecular formula is C16H18FN3O3. The lowest BCUT2D eigenvalue weighted by atomic mass is 10.2. The fourth-order valence-corrected chi connectivity index (χ4v) is 2.22. The Hall–Kier alpha value is -2.70. The van der Waals surface area contributed by atoms with Crippen LogP contribution in [0, 0.1) is 5.82 Å². The summed E-state index contributed by atoms with van der Waals surface area (Å²) in [7, 11) is 0. The van der Waals surface area contributed by atoms with Gasteiger partial charge in [0.2, 0.25) is 5.91 Å². The van der Waals surface area contributed by atoms with Crippen LogP contribution in [0.3, 0.4) is 0 Å². The number of carbonyl (C=O) groups excluding carboxylic acids is 1. The van der Waals surface area contributed by atoms with E-state index < -0.39 is 5.97 Å². The zero-order valence-electron chi connectivity index (χ0n) is 12.8. The number of amides is 1. The highest BCUT2D eigenvalue weighted by Crippen LogP contribution is 2.22. The molecule has 0 atom stereocenters. The summed E-state index contributed by atoms with van der Waals surface area (Å²) in [6.45, 7) is 1.99. The van der Waals surface area contributed by atoms with Crippen LogP contribution < -0.4 is 5.32 Å². The van der Waals surface area contributed by atoms with Crippen LogP contribution in [-0.2, 0) is 16.0 Å². The van der Waals surface area contributed by atoms with Crippen molar-refractivity contribution in [3.63, 3.8) is 0 Å². The molecule has 0 spiro atoms. The maximum Gasteiger partial charge on any atom is 0.303 e. The second kappa shape index (κ2) is 7.53. The maximum absolute atomic E-state index is 13.4. The second-order valence-electron chi connectivity index (χ2n) is 5.09. The minimum absolute atomic E-state index is 0.105. The van der Waals surface area contributed by atoms with E-state index in [1.165, 1.54) is 18.3 Å². The first-order valence-electron chi connectivity index (χ1n) is 7.35. The molecule has 0 unspecified atom stereocenters. The predicted octanol–water partition coefficient (Wildman–Crippen LogP) is 2.77. The van der Waals surface area contributed by atoms with Gasteiger partial charge in [-0.15, -0.1) is 0 Å². The number of nitrogens with zero attached hydrogens (tertiary/aromatic N) is 2. The van der Waals surface area contributed by atoms with Crippen LogP contribution in [0.5, 0.6) is 0 Å². The van der Waals surface area contributed by atoms with Crippen molar-refractivity contribution in [2.75, 3.05) is 5.32 Å². The molecule has 7 heteroatoms. The zero-order valence-corrected chi connectivity index (χ0v) is 12.8. The lowest BCUT2D eigenvalue weighted by Gasteiger charge is -2.10. The minimum atomic E-state index is -1.02. The summed E-state index contributed by atoms with van der Waals surface area (Å²) in [6, 6.07) is 6.03. The van der Waals surface area contributed by atoms with Gasteiger partial charge in [0.25, 0.3) is 0 Å². The zero-order chi connectivity index (χ0) is 16.8. The molecule has 122 valence electrons. The summed E-state index contributed by atoms with van der Waals surface area (Å²) in [5.74, 6) is -1.78. The van der Waals surface area contributed by atoms with Crippen LogP contribution in [0.25, 0.3) is 5.69 Å². The summed E-state index contributed by atoms with van der Waals surface area (Å²) < 4.78 is 15.0. The topological polar surface area (TPSA) is 84.2 Å². The summed E-state index contributed by atoms with van der Waals surface area (Å²) in [6.07, 6.45) is 2.62. The number of carboxylic acids is 1. The fraction of sp³-hybridized carbons (Fsp3) is 0.312. The lowest BCUT2D eigenvalue weighted by molar-refractivity contribution is -0.138. The van der Waals surface area contributed by atoms with Crippen molar-refractivity contribution in [2.45, 2.75) is 32.6 Å². The quantitative estimate of drug-likeness (QED) is 0.822. The van der Waals surface area contributed by atoms with Gasteiger partial charge in [0.05, 0.1) is 29.7 Å². The molecule has 1 aromatic heterocycles. The normalized spacial score (nSPS) is 10.5. The standard InChI is InChI=1S/C16H18FN3O3/c1-2-4-14-13(19-15(21)7-8-16(22)23)10-18-20(14)12-6-3-5-11(17)9-12/h3,5-6,9-10H,2,4,7-8H2,1H3,(H,19,21)(H,22,23). The summed E-state index contributed by atoms with van der Waals surface area (Å²) in [4.78, 5) is 22.3. The molecule has 23 heavy (non-hydrogen) atoms. The molecular weight excluding hydrogens is 301 g/mol. The summed E-state index contributed by atoms with van der Waals surface area (Å²) in [5, 5.41) is 15.5. The van der Waals surface area contributed by atoms with E-state index in [2.05, 4.69) is 10.4 Å². The Balaban J connectivity index is 2.24. The van der Waals surface area contributed by atoms with E-state index in [1.807, 2.05) is 6.92 Å². The van der Waals surface area contributed by atoms with Crippen molar-refractivity contribution in [3.05, 3.63) is 42.0 Å². The number of aliphatic carboxylic acids is 1. The number of anilines is 1. The molecule has 2 aromatic rings. The monoisotopic (exact) mass is 319 g/mol. The lowest BCUT2D eigenvalue weighted by Crippen LogP contribution is -2.14. The highest BCUT2D eigenvalue weighted by atomic mass is 19.1. The Labute approximate surface area is 132 Å². The molecule has 0 aliphatic rings. The Morgan fingerprint density at radius 2 is 2.13 bits per heavy atom. The summed E-state index contributed by atoms with van der Waals surface area (Å²) >= 11 is 0. The first-order valence-corrected chi connectivity index (χ1v) is 7.35. The van der Waals surface area contributed by atoms with E-state index in [0.29, 0.717) is 17.8 Å². The van der Waals surface area contributed by atoms with Crippen LogP contribution in [0.4, 0.5) is 10.1 Å². The van der Waals surface area contributed by atoms with E-state index in [1.54, 1.807) is 16.8 Å². The number of hydrogen-bond acceptors (Lipinski definition) is 3. The van der Waals surface area contributed by atoms with Crippen molar-refractivity contribution in [2.24, 2.45) is 0 Å². The van der Waals surface area contributed by atoms with E-state index >= 15 is 0 Å². The number of carboxylic acid groups (broad SMARTS) is 1. The molecule has 6 nitrogen and oxygen atoms in total. The molecule has 2 rings (SSSR count). The van der Waals surface area contributed by atoms with Gasteiger partial charge in [-0.2, -0.15) is 5.10 Å². The van der Waals surface area contributed by atoms with Gasteiger partial charge in [-0.1, -0.05) is 19.4 Å². The molecule has 0 radical (unpaired) electrons. The molecule has 0 saturated carbocycles. The fourth-order valence-electron chi connectivity index (χ4n) is 2.22. The average molecular weight is 319 g/mol. The Morgan fingerprint density at radius 1 is 1.35 bits per heavy atom. The third-order valence-electron chi connectivity index (χ3n) is 3.25. The number of carbonyl (C=O) groups is 2. The van der Waals surface area contributed by atoms with Crippen molar-refractivity contribution >= 4 is 17.6 Å². The third-order valence-corrected chi connectivity index (χ3v) is 3.25. The molecule has 0 saturated heterocycles. The Bertz CT molecular complexity index is 712. The van der Waals surface area contributed by atoms with Crippen molar-refractivity contribution in [1.29, 1.82) is 0 Å². The van der Waals surface area contributed by atoms with Crippen molar-refractivity contribution in [1.82, 2.24) is 9.78 Å². The summed E-state index contributed by atoms with van der Waals surface area (Å²) in [5.41, 5.74) is 1.84. The van der Waals surface area contributed by atoms with Crippen LogP contribution in [0.1, 0.15) is 31.9 Å². The highest BCUT2D eigenvalue weighted by molar-refractivity contribution is 5.92. The number of rotatable bonds is 7. The molecule has 2 N–H and O–H groups in total. The Kier molecular flexibility index (Phi) is 5.46. The molecule has 0 bridgehead atoms. The second-order valence-corrected chi connectivity index (χ2v) is 5.09. The smallest absolute Gasteiger partial charge is 0.303 e. The average Bonchev–Trinajstić information content (AvgIpc) is 2.88. The van der Waals surface area contributed by atoms with Gasteiger partial charge >= 0.3 is 5.97 Å². The molecule has 1 amide bonds. The van der Waals surface area contributed by atoms with Crippen LogP contribution in [0.15, 0.2) is 30.5 Å². The molecule has 0 fully saturated rings. The number of aromatic nitrogens is 2. The SMILES string of the molecule is CCCc1c(NC(=O)CCC(=O)O)cnn1-c1cccc(F)c1. The van der Waals surface area contributed by atoms with Crippen LogP contribution in [-0.4, -0.2) is 26.8 Å². The predicted molar refractivity (Wildman–Crippen MR) is 83.0 cm³/mol. The van der Waals surface area contributed by atoms with Gasteiger partial charge in [0, 0.05) is 6.42 Å². The van der Waals surface area contributed by atoms with Crippen LogP contribution >= 0.6 is 0 Å². The number of nitrogens with one attached hydrogen (secondary N) is 1. The number of benzene rings is 1. The Morgan fingerprint density at radius 3 is 2.78 bits per heavy atom. The molecule has 1 heterocycles. The van der Waals surface area contributed by atoms with Gasteiger partial charge in [0.1, 0.15) is 5.82 Å². The van der Waals surface area contributed by atoms with Gasteiger partial charge in [-0.3, -0.25) is 9.59 Å². The van der Waals surface area contributed by atoms with E-state index in [-0.39, 0.29) is 24.6 Å². The molecule has 1 aromatic carbocycles. The van der Waals surface area contributed by atoms with Crippen LogP contribution in [0.2, 0.25) is 0 Å². The van der Waals surface area contributed by atoms with Crippen molar-refractivity contribution in [3.8, 4) is 5.69 Å². The van der Waals surface area contributed by atoms with E-state index in [4.69, 9.17) is 5.11 Å². The van der Waals surface area contributed by atoms with E-state index in [0.717, 1.165) is 12.1 Å². The number of hydrogen-bond donors (Lipinski definition) is 2. The highest BCUT2D eigenvalue weighted by Gasteiger charge is 2.15. The minimum Gasteiger partial charge on any atom is -0.481 e. The first-order chi connectivity index (χ1) is 11.0. The molecule has 0 aliphatic carbocycles. The van der Waals surface area contributed by atoms with Gasteiger partial charge in [0.15, 0.2) is 0 Å². The third kappa shape index (κ3) is 4.38. The maximum atomic E-state index is 13.4.